The average molecular weight is 450 g/mol. The molecule has 33 heavy (non-hydrogen) atoms. The van der Waals surface area contributed by atoms with Gasteiger partial charge in [-0.15, -0.1) is 0 Å². The first-order chi connectivity index (χ1) is 16.0. The fourth-order valence-corrected chi connectivity index (χ4v) is 4.58. The molecule has 0 spiro atoms. The lowest BCUT2D eigenvalue weighted by Crippen LogP contribution is -2.52. The smallest absolute Gasteiger partial charge is 0.324 e. The van der Waals surface area contributed by atoms with E-state index in [1.54, 1.807) is 0 Å². The van der Waals surface area contributed by atoms with Crippen LogP contribution in [0.25, 0.3) is 0 Å². The van der Waals surface area contributed by atoms with Gasteiger partial charge in [-0.25, -0.2) is 4.79 Å². The summed E-state index contributed by atoms with van der Waals surface area (Å²) in [6.07, 6.45) is 3.24. The Bertz CT molecular complexity index is 981. The van der Waals surface area contributed by atoms with Gasteiger partial charge in [-0.2, -0.15) is 0 Å². The zero-order chi connectivity index (χ0) is 23.4. The second kappa shape index (κ2) is 10.3. The van der Waals surface area contributed by atoms with Gasteiger partial charge in [0.15, 0.2) is 0 Å². The normalized spacial score (nSPS) is 18.5. The molecule has 176 valence electrons. The Morgan fingerprint density at radius 1 is 1.03 bits per heavy atom. The number of nitrogens with zero attached hydrogens (tertiary/aromatic N) is 2. The highest BCUT2D eigenvalue weighted by Gasteiger charge is 2.34. The molecule has 2 heterocycles. The first kappa shape index (κ1) is 23.1. The lowest BCUT2D eigenvalue weighted by atomic mass is 9.96. The first-order valence-corrected chi connectivity index (χ1v) is 12.2. The lowest BCUT2D eigenvalue weighted by Gasteiger charge is -2.39. The van der Waals surface area contributed by atoms with Crippen LogP contribution in [0.5, 0.6) is 5.75 Å². The minimum Gasteiger partial charge on any atom is -0.486 e. The molecule has 1 fully saturated rings. The van der Waals surface area contributed by atoms with Gasteiger partial charge in [0.2, 0.25) is 5.91 Å². The minimum atomic E-state index is -0.0495. The van der Waals surface area contributed by atoms with E-state index < -0.39 is 0 Å². The van der Waals surface area contributed by atoms with Crippen molar-refractivity contribution < 1.29 is 14.3 Å². The van der Waals surface area contributed by atoms with Crippen molar-refractivity contribution in [3.8, 4) is 5.75 Å². The number of aryl methyl sites for hydroxylation is 2. The summed E-state index contributed by atoms with van der Waals surface area (Å²) in [5.74, 6) is 0.805. The summed E-state index contributed by atoms with van der Waals surface area (Å²) in [7, 11) is 0. The highest BCUT2D eigenvalue weighted by atomic mass is 16.5. The summed E-state index contributed by atoms with van der Waals surface area (Å²) in [6, 6.07) is 14.4. The minimum absolute atomic E-state index is 0.00105. The summed E-state index contributed by atoms with van der Waals surface area (Å²) in [5.41, 5.74) is 4.36. The molecule has 1 N–H and O–H groups in total. The number of carbonyl (C=O) groups is 2. The monoisotopic (exact) mass is 449 g/mol. The van der Waals surface area contributed by atoms with Crippen LogP contribution in [0.1, 0.15) is 49.8 Å². The standard InChI is InChI=1S/C27H35N3O3/c1-4-20-7-9-21(10-8-20)17-28-26(31)22-12-14-29(15-13-22)27(32)30-18-23(5-2)33-25-11-6-19(3)16-24(25)30/h6-11,16,22-23H,4-5,12-15,17-18H2,1-3H3,(H,28,31)/t23-/m0/s1. The number of urea groups is 1. The van der Waals surface area contributed by atoms with Gasteiger partial charge in [-0.05, 0) is 61.4 Å². The highest BCUT2D eigenvalue weighted by Crippen LogP contribution is 2.36. The molecule has 6 heteroatoms. The molecule has 0 aromatic heterocycles. The van der Waals surface area contributed by atoms with E-state index in [1.165, 1.54) is 5.56 Å². The number of fused-ring (bicyclic) bond motifs is 1. The van der Waals surface area contributed by atoms with Crippen LogP contribution in [0.4, 0.5) is 10.5 Å². The maximum absolute atomic E-state index is 13.4. The van der Waals surface area contributed by atoms with E-state index in [2.05, 4.69) is 43.4 Å². The summed E-state index contributed by atoms with van der Waals surface area (Å²) >= 11 is 0. The Morgan fingerprint density at radius 2 is 1.73 bits per heavy atom. The second-order valence-corrected chi connectivity index (χ2v) is 9.16. The molecule has 1 saturated heterocycles. The molecule has 4 rings (SSSR count). The van der Waals surface area contributed by atoms with Crippen LogP contribution in [0, 0.1) is 12.8 Å². The van der Waals surface area contributed by atoms with Crippen molar-refractivity contribution in [2.24, 2.45) is 5.92 Å². The van der Waals surface area contributed by atoms with Gasteiger partial charge in [-0.3, -0.25) is 9.69 Å². The van der Waals surface area contributed by atoms with E-state index >= 15 is 0 Å². The lowest BCUT2D eigenvalue weighted by molar-refractivity contribution is -0.126. The second-order valence-electron chi connectivity index (χ2n) is 9.16. The summed E-state index contributed by atoms with van der Waals surface area (Å²) in [4.78, 5) is 29.9. The number of hydrogen-bond donors (Lipinski definition) is 1. The molecular formula is C27H35N3O3. The van der Waals surface area contributed by atoms with Crippen LogP contribution in [0.3, 0.4) is 0 Å². The van der Waals surface area contributed by atoms with Crippen LogP contribution in [-0.4, -0.2) is 42.6 Å². The summed E-state index contributed by atoms with van der Waals surface area (Å²) < 4.78 is 6.06. The summed E-state index contributed by atoms with van der Waals surface area (Å²) in [6.45, 7) is 8.53. The van der Waals surface area contributed by atoms with Crippen molar-refractivity contribution in [2.45, 2.75) is 59.1 Å². The van der Waals surface area contributed by atoms with Crippen LogP contribution >= 0.6 is 0 Å². The van der Waals surface area contributed by atoms with Gasteiger partial charge in [0.25, 0.3) is 0 Å². The fourth-order valence-electron chi connectivity index (χ4n) is 4.58. The Balaban J connectivity index is 1.33. The molecule has 2 aliphatic rings. The Hall–Kier alpha value is -3.02. The molecule has 2 aliphatic heterocycles. The number of likely N-dealkylation sites (tertiary alicyclic amines) is 1. The molecule has 2 aromatic rings. The van der Waals surface area contributed by atoms with E-state index in [9.17, 15) is 9.59 Å². The van der Waals surface area contributed by atoms with E-state index in [1.807, 2.05) is 34.9 Å². The maximum Gasteiger partial charge on any atom is 0.324 e. The van der Waals surface area contributed by atoms with Gasteiger partial charge in [-0.1, -0.05) is 44.2 Å². The molecule has 0 unspecified atom stereocenters. The van der Waals surface area contributed by atoms with E-state index in [0.29, 0.717) is 39.0 Å². The van der Waals surface area contributed by atoms with Crippen molar-refractivity contribution in [2.75, 3.05) is 24.5 Å². The zero-order valence-corrected chi connectivity index (χ0v) is 20.0. The molecule has 1 atom stereocenters. The Labute approximate surface area is 196 Å². The largest absolute Gasteiger partial charge is 0.486 e. The van der Waals surface area contributed by atoms with Crippen molar-refractivity contribution in [1.29, 1.82) is 0 Å². The van der Waals surface area contributed by atoms with Crippen molar-refractivity contribution in [3.63, 3.8) is 0 Å². The van der Waals surface area contributed by atoms with Crippen LogP contribution in [0.15, 0.2) is 42.5 Å². The van der Waals surface area contributed by atoms with Gasteiger partial charge < -0.3 is 15.0 Å². The zero-order valence-electron chi connectivity index (χ0n) is 20.0. The third-order valence-corrected chi connectivity index (χ3v) is 6.81. The molecule has 6 nitrogen and oxygen atoms in total. The van der Waals surface area contributed by atoms with Gasteiger partial charge in [0, 0.05) is 25.6 Å². The number of ether oxygens (including phenoxy) is 1. The van der Waals surface area contributed by atoms with Crippen molar-refractivity contribution >= 4 is 17.6 Å². The number of anilines is 1. The number of carbonyl (C=O) groups excluding carboxylic acids is 2. The maximum atomic E-state index is 13.4. The SMILES string of the molecule is CCc1ccc(CNC(=O)C2CCN(C(=O)N3C[C@H](CC)Oc4ccc(C)cc43)CC2)cc1. The van der Waals surface area contributed by atoms with Crippen LogP contribution in [-0.2, 0) is 17.8 Å². The number of rotatable bonds is 5. The highest BCUT2D eigenvalue weighted by molar-refractivity contribution is 5.94. The van der Waals surface area contributed by atoms with Gasteiger partial charge in [0.1, 0.15) is 11.9 Å². The number of nitrogens with one attached hydrogen (secondary N) is 1. The Kier molecular flexibility index (Phi) is 7.21. The van der Waals surface area contributed by atoms with Crippen molar-refractivity contribution in [3.05, 3.63) is 59.2 Å². The molecule has 3 amide bonds. The number of benzene rings is 2. The molecule has 0 aliphatic carbocycles. The molecule has 2 aromatic carbocycles. The molecule has 0 saturated carbocycles. The summed E-state index contributed by atoms with van der Waals surface area (Å²) in [5, 5.41) is 3.08. The van der Waals surface area contributed by atoms with E-state index in [0.717, 1.165) is 35.4 Å². The molecular weight excluding hydrogens is 414 g/mol. The van der Waals surface area contributed by atoms with Gasteiger partial charge >= 0.3 is 6.03 Å². The first-order valence-electron chi connectivity index (χ1n) is 12.2. The third kappa shape index (κ3) is 5.32. The number of amides is 3. The predicted octanol–water partition coefficient (Wildman–Crippen LogP) is 4.68. The molecule has 0 bridgehead atoms. The van der Waals surface area contributed by atoms with Crippen LogP contribution in [0.2, 0.25) is 0 Å². The Morgan fingerprint density at radius 3 is 2.39 bits per heavy atom. The quantitative estimate of drug-likeness (QED) is 0.721. The molecule has 0 radical (unpaired) electrons. The average Bonchev–Trinajstić information content (AvgIpc) is 2.86. The van der Waals surface area contributed by atoms with Gasteiger partial charge in [0.05, 0.1) is 12.2 Å². The topological polar surface area (TPSA) is 61.9 Å². The van der Waals surface area contributed by atoms with Crippen LogP contribution < -0.4 is 15.0 Å². The third-order valence-electron chi connectivity index (χ3n) is 6.81. The number of piperidine rings is 1. The number of hydrogen-bond acceptors (Lipinski definition) is 3. The van der Waals surface area contributed by atoms with E-state index in [-0.39, 0.29) is 24.0 Å². The predicted molar refractivity (Wildman–Crippen MR) is 131 cm³/mol. The van der Waals surface area contributed by atoms with E-state index in [4.69, 9.17) is 4.74 Å². The van der Waals surface area contributed by atoms with Crippen molar-refractivity contribution in [1.82, 2.24) is 10.2 Å². The fraction of sp³-hybridized carbons (Fsp3) is 0.481.